The minimum atomic E-state index is -0.0385. The number of carbonyl (C=O) groups excluding carboxylic acids is 1. The fourth-order valence-corrected chi connectivity index (χ4v) is 0.961. The van der Waals surface area contributed by atoms with Crippen molar-refractivity contribution < 1.29 is 9.21 Å². The van der Waals surface area contributed by atoms with Gasteiger partial charge in [0.25, 0.3) is 0 Å². The maximum atomic E-state index is 10.9. The molecule has 72 valence electrons. The lowest BCUT2D eigenvalue weighted by atomic mass is 10.3. The monoisotopic (exact) mass is 181 g/mol. The van der Waals surface area contributed by atoms with Gasteiger partial charge >= 0.3 is 0 Å². The summed E-state index contributed by atoms with van der Waals surface area (Å²) >= 11 is 0. The summed E-state index contributed by atoms with van der Waals surface area (Å²) in [4.78, 5) is 12.9. The Balaban J connectivity index is 2.85. The number of carbonyl (C=O) groups is 1. The molecule has 0 aliphatic carbocycles. The van der Waals surface area contributed by atoms with Gasteiger partial charge in [0.2, 0.25) is 0 Å². The van der Waals surface area contributed by atoms with Gasteiger partial charge in [0.15, 0.2) is 17.4 Å². The van der Waals surface area contributed by atoms with Crippen molar-refractivity contribution in [2.75, 3.05) is 11.9 Å². The lowest BCUT2D eigenvalue weighted by Crippen LogP contribution is -2.24. The fraction of sp³-hybridized carbons (Fsp3) is 0.500. The normalized spacial score (nSPS) is 10.5. The fourth-order valence-electron chi connectivity index (χ4n) is 0.961. The Morgan fingerprint density at radius 1 is 1.46 bits per heavy atom. The molecule has 0 saturated carbocycles. The van der Waals surface area contributed by atoms with Crippen LogP contribution in [0, 0.1) is 0 Å². The first-order valence-electron chi connectivity index (χ1n) is 4.36. The van der Waals surface area contributed by atoms with E-state index in [1.165, 1.54) is 6.92 Å². The van der Waals surface area contributed by atoms with Gasteiger partial charge in [-0.25, -0.2) is 0 Å². The number of nitrogens with zero attached hydrogens (tertiary/aromatic N) is 1. The van der Waals surface area contributed by atoms with Gasteiger partial charge in [-0.15, -0.1) is 0 Å². The van der Waals surface area contributed by atoms with Crippen LogP contribution in [0.2, 0.25) is 0 Å². The minimum absolute atomic E-state index is 0.0385. The second kappa shape index (κ2) is 3.64. The average Bonchev–Trinajstić information content (AvgIpc) is 2.50. The molecule has 0 spiro atoms. The zero-order chi connectivity index (χ0) is 10.0. The van der Waals surface area contributed by atoms with Crippen molar-refractivity contribution >= 4 is 11.7 Å². The lowest BCUT2D eigenvalue weighted by molar-refractivity contribution is 0.0987. The zero-order valence-electron chi connectivity index (χ0n) is 8.50. The first-order valence-corrected chi connectivity index (χ1v) is 4.36. The van der Waals surface area contributed by atoms with Crippen molar-refractivity contribution in [3.05, 3.63) is 17.9 Å². The average molecular weight is 181 g/mol. The second-order valence-corrected chi connectivity index (χ2v) is 3.40. The van der Waals surface area contributed by atoms with Crippen LogP contribution in [0.5, 0.6) is 0 Å². The molecular formula is C10H15NO2. The Kier molecular flexibility index (Phi) is 2.76. The van der Waals surface area contributed by atoms with Crippen molar-refractivity contribution in [2.24, 2.45) is 0 Å². The van der Waals surface area contributed by atoms with E-state index >= 15 is 0 Å². The summed E-state index contributed by atoms with van der Waals surface area (Å²) in [5, 5.41) is 0. The molecule has 0 amide bonds. The van der Waals surface area contributed by atoms with Crippen LogP contribution in [0.3, 0.4) is 0 Å². The number of anilines is 1. The van der Waals surface area contributed by atoms with E-state index in [1.54, 1.807) is 6.07 Å². The number of ketones is 1. The van der Waals surface area contributed by atoms with Crippen molar-refractivity contribution in [1.29, 1.82) is 0 Å². The van der Waals surface area contributed by atoms with E-state index < -0.39 is 0 Å². The van der Waals surface area contributed by atoms with Gasteiger partial charge in [-0.3, -0.25) is 4.79 Å². The highest BCUT2D eigenvalue weighted by molar-refractivity contribution is 5.91. The van der Waals surface area contributed by atoms with Crippen LogP contribution in [0.1, 0.15) is 31.3 Å². The van der Waals surface area contributed by atoms with Crippen LogP contribution in [-0.4, -0.2) is 18.9 Å². The van der Waals surface area contributed by atoms with E-state index in [4.69, 9.17) is 4.42 Å². The summed E-state index contributed by atoms with van der Waals surface area (Å²) in [5.41, 5.74) is 0. The van der Waals surface area contributed by atoms with Crippen LogP contribution < -0.4 is 4.90 Å². The molecule has 0 N–H and O–H groups in total. The minimum Gasteiger partial charge on any atom is -0.437 e. The maximum Gasteiger partial charge on any atom is 0.196 e. The number of furan rings is 1. The molecule has 1 aromatic heterocycles. The SMILES string of the molecule is CC(=O)c1ccc(N(C)C(C)C)o1. The number of Topliss-reactive ketones (excluding diaryl/α,β-unsaturated/α-hetero) is 1. The summed E-state index contributed by atoms with van der Waals surface area (Å²) in [7, 11) is 1.94. The van der Waals surface area contributed by atoms with Gasteiger partial charge in [-0.2, -0.15) is 0 Å². The standard InChI is InChI=1S/C10H15NO2/c1-7(2)11(4)10-6-5-9(13-10)8(3)12/h5-7H,1-4H3. The highest BCUT2D eigenvalue weighted by Gasteiger charge is 2.11. The molecule has 0 fully saturated rings. The van der Waals surface area contributed by atoms with E-state index in [0.29, 0.717) is 11.8 Å². The lowest BCUT2D eigenvalue weighted by Gasteiger charge is -2.19. The number of rotatable bonds is 3. The van der Waals surface area contributed by atoms with E-state index in [0.717, 1.165) is 5.88 Å². The van der Waals surface area contributed by atoms with Gasteiger partial charge in [-0.1, -0.05) is 0 Å². The summed E-state index contributed by atoms with van der Waals surface area (Å²) in [6.07, 6.45) is 0. The predicted octanol–water partition coefficient (Wildman–Crippen LogP) is 2.33. The largest absolute Gasteiger partial charge is 0.437 e. The van der Waals surface area contributed by atoms with Crippen LogP contribution >= 0.6 is 0 Å². The van der Waals surface area contributed by atoms with Crippen LogP contribution in [0.15, 0.2) is 16.5 Å². The molecule has 1 heterocycles. The third-order valence-corrected chi connectivity index (χ3v) is 2.06. The molecule has 1 aromatic rings. The summed E-state index contributed by atoms with van der Waals surface area (Å²) in [6, 6.07) is 3.89. The molecule has 3 heteroatoms. The van der Waals surface area contributed by atoms with Crippen LogP contribution in [0.25, 0.3) is 0 Å². The Morgan fingerprint density at radius 2 is 2.08 bits per heavy atom. The predicted molar refractivity (Wildman–Crippen MR) is 52.3 cm³/mol. The Labute approximate surface area is 78.3 Å². The van der Waals surface area contributed by atoms with E-state index in [1.807, 2.05) is 18.0 Å². The number of hydrogen-bond acceptors (Lipinski definition) is 3. The molecule has 0 saturated heterocycles. The Hall–Kier alpha value is -1.25. The Bertz CT molecular complexity index is 302. The summed E-state index contributed by atoms with van der Waals surface area (Å²) < 4.78 is 5.34. The quantitative estimate of drug-likeness (QED) is 0.671. The van der Waals surface area contributed by atoms with E-state index in [9.17, 15) is 4.79 Å². The van der Waals surface area contributed by atoms with E-state index in [-0.39, 0.29) is 5.78 Å². The van der Waals surface area contributed by atoms with Crippen molar-refractivity contribution in [1.82, 2.24) is 0 Å². The van der Waals surface area contributed by atoms with E-state index in [2.05, 4.69) is 13.8 Å². The van der Waals surface area contributed by atoms with Gasteiger partial charge in [0.05, 0.1) is 0 Å². The van der Waals surface area contributed by atoms with Gasteiger partial charge in [0, 0.05) is 26.1 Å². The third-order valence-electron chi connectivity index (χ3n) is 2.06. The topological polar surface area (TPSA) is 33.5 Å². The Morgan fingerprint density at radius 3 is 2.46 bits per heavy atom. The number of hydrogen-bond donors (Lipinski definition) is 0. The molecule has 0 aliphatic heterocycles. The molecule has 3 nitrogen and oxygen atoms in total. The molecule has 13 heavy (non-hydrogen) atoms. The molecule has 0 atom stereocenters. The maximum absolute atomic E-state index is 10.9. The van der Waals surface area contributed by atoms with Gasteiger partial charge in [-0.05, 0) is 19.9 Å². The van der Waals surface area contributed by atoms with Crippen molar-refractivity contribution in [3.8, 4) is 0 Å². The van der Waals surface area contributed by atoms with Gasteiger partial charge < -0.3 is 9.32 Å². The third kappa shape index (κ3) is 2.11. The second-order valence-electron chi connectivity index (χ2n) is 3.40. The first kappa shape index (κ1) is 9.84. The summed E-state index contributed by atoms with van der Waals surface area (Å²) in [6.45, 7) is 5.63. The zero-order valence-corrected chi connectivity index (χ0v) is 8.50. The smallest absolute Gasteiger partial charge is 0.196 e. The van der Waals surface area contributed by atoms with Gasteiger partial charge in [0.1, 0.15) is 0 Å². The highest BCUT2D eigenvalue weighted by atomic mass is 16.4. The van der Waals surface area contributed by atoms with Crippen molar-refractivity contribution in [3.63, 3.8) is 0 Å². The van der Waals surface area contributed by atoms with Crippen LogP contribution in [-0.2, 0) is 0 Å². The molecule has 0 bridgehead atoms. The van der Waals surface area contributed by atoms with Crippen LogP contribution in [0.4, 0.5) is 5.88 Å². The molecule has 0 unspecified atom stereocenters. The molecule has 0 aromatic carbocycles. The summed E-state index contributed by atoms with van der Waals surface area (Å²) in [5.74, 6) is 1.12. The molecule has 0 radical (unpaired) electrons. The molecular weight excluding hydrogens is 166 g/mol. The molecule has 1 rings (SSSR count). The first-order chi connectivity index (χ1) is 6.02. The van der Waals surface area contributed by atoms with Crippen molar-refractivity contribution in [2.45, 2.75) is 26.8 Å². The molecule has 0 aliphatic rings. The highest BCUT2D eigenvalue weighted by Crippen LogP contribution is 2.19.